The molecule has 4 bridgehead atoms. The highest BCUT2D eigenvalue weighted by atomic mass is 16.3. The molecule has 0 saturated heterocycles. The highest BCUT2D eigenvalue weighted by molar-refractivity contribution is 5.78. The van der Waals surface area contributed by atoms with E-state index in [1.807, 2.05) is 18.2 Å². The number of benzene rings is 1. The van der Waals surface area contributed by atoms with Crippen LogP contribution in [0.15, 0.2) is 54.1 Å². The number of carbonyl (C=O) groups excluding carboxylic acids is 1. The van der Waals surface area contributed by atoms with Crippen LogP contribution >= 0.6 is 0 Å². The lowest BCUT2D eigenvalue weighted by atomic mass is 9.59. The van der Waals surface area contributed by atoms with Gasteiger partial charge in [-0.3, -0.25) is 4.79 Å². The van der Waals surface area contributed by atoms with Gasteiger partial charge in [0.25, 0.3) is 0 Å². The predicted octanol–water partition coefficient (Wildman–Crippen LogP) is 3.10. The van der Waals surface area contributed by atoms with Crippen LogP contribution in [0.2, 0.25) is 0 Å². The highest BCUT2D eigenvalue weighted by Crippen LogP contribution is 2.68. The first-order valence-electron chi connectivity index (χ1n) is 11.1. The zero-order valence-electron chi connectivity index (χ0n) is 16.8. The average molecular weight is 394 g/mol. The van der Waals surface area contributed by atoms with Crippen molar-refractivity contribution in [1.82, 2.24) is 5.32 Å². The Morgan fingerprint density at radius 3 is 2.79 bits per heavy atom. The van der Waals surface area contributed by atoms with E-state index in [9.17, 15) is 15.0 Å². The van der Waals surface area contributed by atoms with Crippen LogP contribution in [-0.4, -0.2) is 34.9 Å². The minimum absolute atomic E-state index is 0.0188. The van der Waals surface area contributed by atoms with Crippen molar-refractivity contribution in [1.29, 1.82) is 0 Å². The summed E-state index contributed by atoms with van der Waals surface area (Å²) in [5.41, 5.74) is 2.06. The summed E-state index contributed by atoms with van der Waals surface area (Å²) in [6.07, 6.45) is 10.6. The molecule has 5 aliphatic carbocycles. The Balaban J connectivity index is 1.34. The van der Waals surface area contributed by atoms with Gasteiger partial charge in [-0.25, -0.2) is 0 Å². The van der Waals surface area contributed by atoms with Crippen molar-refractivity contribution in [2.45, 2.75) is 56.1 Å². The number of carbonyl (C=O) groups is 1. The number of hydrogen-bond donors (Lipinski definition) is 3. The van der Waals surface area contributed by atoms with Crippen LogP contribution in [0, 0.1) is 23.7 Å². The normalized spacial score (nSPS) is 38.1. The summed E-state index contributed by atoms with van der Waals surface area (Å²) in [6.45, 7) is 0.271. The predicted molar refractivity (Wildman–Crippen MR) is 112 cm³/mol. The Labute approximate surface area is 172 Å². The molecule has 0 radical (unpaired) electrons. The number of aliphatic hydroxyl groups is 2. The summed E-state index contributed by atoms with van der Waals surface area (Å²) in [6, 6.07) is 10.5. The summed E-state index contributed by atoms with van der Waals surface area (Å²) in [7, 11) is 0. The zero-order chi connectivity index (χ0) is 20.0. The molecule has 1 aromatic carbocycles. The van der Waals surface area contributed by atoms with Crippen molar-refractivity contribution in [2.24, 2.45) is 23.7 Å². The molecular weight excluding hydrogens is 362 g/mol. The second-order valence-corrected chi connectivity index (χ2v) is 9.54. The fourth-order valence-corrected chi connectivity index (χ4v) is 7.02. The maximum Gasteiger partial charge on any atom is 0.221 e. The molecule has 4 nitrogen and oxygen atoms in total. The first-order valence-corrected chi connectivity index (χ1v) is 11.1. The molecule has 4 heteroatoms. The van der Waals surface area contributed by atoms with Crippen molar-refractivity contribution in [2.75, 3.05) is 6.54 Å². The van der Waals surface area contributed by atoms with Gasteiger partial charge < -0.3 is 15.5 Å². The van der Waals surface area contributed by atoms with Gasteiger partial charge in [-0.1, -0.05) is 48.6 Å². The Bertz CT molecular complexity index is 828. The van der Waals surface area contributed by atoms with Crippen LogP contribution in [-0.2, 0) is 10.2 Å². The van der Waals surface area contributed by atoms with Crippen LogP contribution in [0.1, 0.15) is 44.1 Å². The van der Waals surface area contributed by atoms with Crippen molar-refractivity contribution >= 4 is 5.91 Å². The summed E-state index contributed by atoms with van der Waals surface area (Å²) < 4.78 is 0. The standard InChI is InChI=1S/C25H31NO3/c27-22(16-7-3-1-4-8-16)15-26-23(28)14-25(18-9-5-2-6-10-18)19-11-17-12-21(25)20(13-19)24(17)29/h1-3,5-7,9-10,17,19-22,24,27,29H,4,8,11-15H2,(H,26,28). The minimum Gasteiger partial charge on any atom is -0.393 e. The first kappa shape index (κ1) is 19.1. The van der Waals surface area contributed by atoms with Crippen LogP contribution in [0.25, 0.3) is 0 Å². The lowest BCUT2D eigenvalue weighted by molar-refractivity contribution is -0.124. The lowest BCUT2D eigenvalue weighted by Crippen LogP contribution is -2.46. The van der Waals surface area contributed by atoms with E-state index in [4.69, 9.17) is 0 Å². The zero-order valence-corrected chi connectivity index (χ0v) is 16.8. The fraction of sp³-hybridized carbons (Fsp3) is 0.560. The molecule has 5 aliphatic rings. The Kier molecular flexibility index (Phi) is 4.87. The van der Waals surface area contributed by atoms with Crippen LogP contribution < -0.4 is 5.32 Å². The molecule has 6 rings (SSSR count). The number of allylic oxidation sites excluding steroid dienone is 3. The van der Waals surface area contributed by atoms with Gasteiger partial charge in [0.2, 0.25) is 5.91 Å². The van der Waals surface area contributed by atoms with Gasteiger partial charge in [-0.05, 0) is 66.9 Å². The van der Waals surface area contributed by atoms with Crippen LogP contribution in [0.4, 0.5) is 0 Å². The second-order valence-electron chi connectivity index (χ2n) is 9.54. The molecule has 4 fully saturated rings. The van der Waals surface area contributed by atoms with Crippen molar-refractivity contribution in [3.8, 4) is 0 Å². The van der Waals surface area contributed by atoms with Gasteiger partial charge in [0.1, 0.15) is 0 Å². The largest absolute Gasteiger partial charge is 0.393 e. The third-order valence-corrected chi connectivity index (χ3v) is 8.26. The molecule has 7 atom stereocenters. The lowest BCUT2D eigenvalue weighted by Gasteiger charge is -2.45. The fourth-order valence-electron chi connectivity index (χ4n) is 7.02. The Morgan fingerprint density at radius 1 is 1.21 bits per heavy atom. The molecule has 29 heavy (non-hydrogen) atoms. The molecule has 154 valence electrons. The molecule has 0 aliphatic heterocycles. The third kappa shape index (κ3) is 3.08. The molecule has 1 aromatic rings. The van der Waals surface area contributed by atoms with Gasteiger partial charge in [-0.15, -0.1) is 0 Å². The summed E-state index contributed by atoms with van der Waals surface area (Å²) >= 11 is 0. The summed E-state index contributed by atoms with van der Waals surface area (Å²) in [5, 5.41) is 24.2. The van der Waals surface area contributed by atoms with Gasteiger partial charge in [-0.2, -0.15) is 0 Å². The molecule has 3 N–H and O–H groups in total. The average Bonchev–Trinajstić information content (AvgIpc) is 3.09. The van der Waals surface area contributed by atoms with Gasteiger partial charge >= 0.3 is 0 Å². The van der Waals surface area contributed by atoms with E-state index in [0.717, 1.165) is 37.7 Å². The summed E-state index contributed by atoms with van der Waals surface area (Å²) in [4.78, 5) is 13.1. The molecule has 7 unspecified atom stereocenters. The van der Waals surface area contributed by atoms with Crippen molar-refractivity contribution in [3.05, 3.63) is 59.7 Å². The summed E-state index contributed by atoms with van der Waals surface area (Å²) in [5.74, 6) is 1.60. The molecule has 4 saturated carbocycles. The van der Waals surface area contributed by atoms with Crippen molar-refractivity contribution < 1.29 is 15.0 Å². The molecular formula is C25H31NO3. The van der Waals surface area contributed by atoms with E-state index < -0.39 is 6.10 Å². The molecule has 1 amide bonds. The number of aliphatic hydroxyl groups excluding tert-OH is 2. The number of amides is 1. The van der Waals surface area contributed by atoms with E-state index in [2.05, 4.69) is 35.7 Å². The van der Waals surface area contributed by atoms with Crippen molar-refractivity contribution in [3.63, 3.8) is 0 Å². The highest BCUT2D eigenvalue weighted by Gasteiger charge is 2.66. The van der Waals surface area contributed by atoms with E-state index in [0.29, 0.717) is 30.1 Å². The number of hydrogen-bond acceptors (Lipinski definition) is 3. The van der Waals surface area contributed by atoms with Crippen LogP contribution in [0.3, 0.4) is 0 Å². The molecule has 0 heterocycles. The second kappa shape index (κ2) is 7.41. The molecule has 0 spiro atoms. The minimum atomic E-state index is -0.616. The van der Waals surface area contributed by atoms with Gasteiger partial charge in [0.15, 0.2) is 0 Å². The first-order chi connectivity index (χ1) is 14.1. The maximum atomic E-state index is 13.1. The van der Waals surface area contributed by atoms with Gasteiger partial charge in [0, 0.05) is 18.4 Å². The Hall–Kier alpha value is -1.91. The van der Waals surface area contributed by atoms with E-state index in [1.165, 1.54) is 5.56 Å². The third-order valence-electron chi connectivity index (χ3n) is 8.26. The number of nitrogens with one attached hydrogen (secondary N) is 1. The van der Waals surface area contributed by atoms with Gasteiger partial charge in [0.05, 0.1) is 12.2 Å². The number of rotatable bonds is 6. The van der Waals surface area contributed by atoms with Crippen LogP contribution in [0.5, 0.6) is 0 Å². The molecule has 0 aromatic heterocycles. The SMILES string of the molecule is O=C(CC1(c2ccccc2)C2CC3CC1C(C2)C3O)NCC(O)C1=CC=CCC1. The van der Waals surface area contributed by atoms with E-state index in [-0.39, 0.29) is 24.0 Å². The monoisotopic (exact) mass is 393 g/mol. The topological polar surface area (TPSA) is 69.6 Å². The quantitative estimate of drug-likeness (QED) is 0.696. The van der Waals surface area contributed by atoms with E-state index in [1.54, 1.807) is 0 Å². The van der Waals surface area contributed by atoms with E-state index >= 15 is 0 Å². The Morgan fingerprint density at radius 2 is 2.03 bits per heavy atom. The smallest absolute Gasteiger partial charge is 0.221 e. The maximum absolute atomic E-state index is 13.1.